The van der Waals surface area contributed by atoms with Crippen molar-refractivity contribution in [3.05, 3.63) is 65.0 Å². The van der Waals surface area contributed by atoms with E-state index in [2.05, 4.69) is 22.7 Å². The van der Waals surface area contributed by atoms with E-state index in [-0.39, 0.29) is 11.7 Å². The second-order valence-electron chi connectivity index (χ2n) is 9.15. The molecule has 8 nitrogen and oxygen atoms in total. The summed E-state index contributed by atoms with van der Waals surface area (Å²) in [6.45, 7) is 1.56. The van der Waals surface area contributed by atoms with Crippen molar-refractivity contribution in [3.63, 3.8) is 0 Å². The second kappa shape index (κ2) is 11.1. The van der Waals surface area contributed by atoms with Gasteiger partial charge in [-0.15, -0.1) is 11.3 Å². The van der Waals surface area contributed by atoms with Crippen LogP contribution in [0.5, 0.6) is 0 Å². The van der Waals surface area contributed by atoms with Gasteiger partial charge in [0, 0.05) is 37.0 Å². The molecule has 0 aliphatic carbocycles. The third-order valence-electron chi connectivity index (χ3n) is 6.75. The van der Waals surface area contributed by atoms with Gasteiger partial charge in [0.15, 0.2) is 16.2 Å². The molecule has 3 aromatic heterocycles. The normalized spacial score (nSPS) is 15.6. The fraction of sp³-hybridized carbons (Fsp3) is 0.346. The van der Waals surface area contributed by atoms with E-state index < -0.39 is 11.1 Å². The number of fused-ring (bicyclic) bond motifs is 1. The van der Waals surface area contributed by atoms with Crippen LogP contribution in [0.3, 0.4) is 0 Å². The molecular formula is C26H27FN6O2S2. The number of anilines is 2. The SMILES string of the molecule is CN(c1nc(-c2ccc(F)cc2)cs1)c1c(CCC#N)nc2ccc(C3CCN(CS(=O)O)CC3)cn12. The Morgan fingerprint density at radius 1 is 1.22 bits per heavy atom. The number of thiazole rings is 1. The summed E-state index contributed by atoms with van der Waals surface area (Å²) in [5, 5.41) is 11.9. The highest BCUT2D eigenvalue weighted by Gasteiger charge is 2.24. The molecule has 192 valence electrons. The van der Waals surface area contributed by atoms with Crippen molar-refractivity contribution >= 4 is 39.0 Å². The number of nitrogens with zero attached hydrogens (tertiary/aromatic N) is 6. The molecule has 0 amide bonds. The topological polar surface area (TPSA) is 97.8 Å². The highest BCUT2D eigenvalue weighted by Crippen LogP contribution is 2.35. The van der Waals surface area contributed by atoms with Gasteiger partial charge in [-0.2, -0.15) is 5.26 Å². The van der Waals surface area contributed by atoms with Crippen LogP contribution < -0.4 is 4.90 Å². The van der Waals surface area contributed by atoms with Gasteiger partial charge in [-0.25, -0.2) is 18.6 Å². The van der Waals surface area contributed by atoms with Crippen LogP contribution in [-0.2, 0) is 17.5 Å². The predicted molar refractivity (Wildman–Crippen MR) is 144 cm³/mol. The molecular weight excluding hydrogens is 511 g/mol. The molecule has 4 aromatic rings. The van der Waals surface area contributed by atoms with Crippen LogP contribution in [-0.4, -0.2) is 54.0 Å². The maximum atomic E-state index is 13.4. The van der Waals surface area contributed by atoms with Crippen molar-refractivity contribution in [2.75, 3.05) is 30.9 Å². The fourth-order valence-corrected chi connectivity index (χ4v) is 6.22. The molecule has 1 unspecified atom stereocenters. The molecule has 1 aliphatic heterocycles. The minimum absolute atomic E-state index is 0.193. The van der Waals surface area contributed by atoms with Crippen LogP contribution in [0.4, 0.5) is 15.3 Å². The lowest BCUT2D eigenvalue weighted by Gasteiger charge is -2.31. The molecule has 1 aliphatic rings. The number of aryl methyl sites for hydroxylation is 1. The Kier molecular flexibility index (Phi) is 7.62. The van der Waals surface area contributed by atoms with Gasteiger partial charge >= 0.3 is 0 Å². The number of halogens is 1. The summed E-state index contributed by atoms with van der Waals surface area (Å²) >= 11 is -0.315. The minimum Gasteiger partial charge on any atom is -0.305 e. The Morgan fingerprint density at radius 3 is 2.68 bits per heavy atom. The molecule has 5 rings (SSSR count). The lowest BCUT2D eigenvalue weighted by Crippen LogP contribution is -2.35. The van der Waals surface area contributed by atoms with Crippen LogP contribution in [0.15, 0.2) is 48.0 Å². The molecule has 1 N–H and O–H groups in total. The van der Waals surface area contributed by atoms with Gasteiger partial charge in [0.1, 0.15) is 23.2 Å². The average Bonchev–Trinajstić information content (AvgIpc) is 3.52. The highest BCUT2D eigenvalue weighted by molar-refractivity contribution is 7.79. The maximum Gasteiger partial charge on any atom is 0.191 e. The molecule has 0 radical (unpaired) electrons. The number of hydrogen-bond acceptors (Lipinski definition) is 7. The third-order valence-corrected chi connectivity index (χ3v) is 8.25. The molecule has 0 saturated carbocycles. The number of nitriles is 1. The van der Waals surface area contributed by atoms with Crippen LogP contribution in [0, 0.1) is 17.1 Å². The van der Waals surface area contributed by atoms with Crippen molar-refractivity contribution in [3.8, 4) is 17.3 Å². The van der Waals surface area contributed by atoms with E-state index in [1.165, 1.54) is 29.0 Å². The highest BCUT2D eigenvalue weighted by atomic mass is 32.2. The number of aromatic nitrogens is 3. The Balaban J connectivity index is 1.46. The summed E-state index contributed by atoms with van der Waals surface area (Å²) in [6.07, 6.45) is 4.85. The van der Waals surface area contributed by atoms with Gasteiger partial charge in [0.05, 0.1) is 17.5 Å². The van der Waals surface area contributed by atoms with Gasteiger partial charge in [-0.1, -0.05) is 6.07 Å². The van der Waals surface area contributed by atoms with Crippen molar-refractivity contribution in [2.24, 2.45) is 0 Å². The van der Waals surface area contributed by atoms with Gasteiger partial charge in [0.25, 0.3) is 0 Å². The zero-order chi connectivity index (χ0) is 25.9. The van der Waals surface area contributed by atoms with E-state index in [9.17, 15) is 18.4 Å². The number of benzene rings is 1. The number of hydrogen-bond donors (Lipinski definition) is 1. The van der Waals surface area contributed by atoms with Crippen molar-refractivity contribution in [1.82, 2.24) is 19.3 Å². The molecule has 1 aromatic carbocycles. The molecule has 4 heterocycles. The number of imidazole rings is 1. The van der Waals surface area contributed by atoms with Gasteiger partial charge in [-0.05, 0) is 67.7 Å². The van der Waals surface area contributed by atoms with Gasteiger partial charge in [-0.3, -0.25) is 9.30 Å². The Bertz CT molecular complexity index is 1450. The zero-order valence-electron chi connectivity index (χ0n) is 20.4. The minimum atomic E-state index is -1.81. The molecule has 1 atom stereocenters. The van der Waals surface area contributed by atoms with E-state index in [0.29, 0.717) is 18.8 Å². The summed E-state index contributed by atoms with van der Waals surface area (Å²) in [5.41, 5.74) is 4.46. The first kappa shape index (κ1) is 25.5. The summed E-state index contributed by atoms with van der Waals surface area (Å²) in [5.74, 6) is 1.13. The number of piperidine rings is 1. The predicted octanol–water partition coefficient (Wildman–Crippen LogP) is 5.18. The van der Waals surface area contributed by atoms with Gasteiger partial charge < -0.3 is 9.45 Å². The largest absolute Gasteiger partial charge is 0.305 e. The first-order chi connectivity index (χ1) is 17.9. The second-order valence-corrected chi connectivity index (χ2v) is 10.9. The third kappa shape index (κ3) is 5.57. The molecule has 1 fully saturated rings. The lowest BCUT2D eigenvalue weighted by molar-refractivity contribution is 0.240. The standard InChI is InChI=1S/C26H27FN6O2S2/c1-31(26-30-23(16-36-26)19-4-7-21(27)8-5-19)25-22(3-2-12-28)29-24-9-6-20(15-33(24)25)18-10-13-32(14-11-18)17-37(34)35/h4-9,15-16,18H,2-3,10-11,13-14,17H2,1H3,(H,34,35). The monoisotopic (exact) mass is 538 g/mol. The van der Waals surface area contributed by atoms with Crippen molar-refractivity contribution in [1.29, 1.82) is 5.26 Å². The first-order valence-electron chi connectivity index (χ1n) is 12.1. The molecule has 11 heteroatoms. The summed E-state index contributed by atoms with van der Waals surface area (Å²) in [6, 6.07) is 12.6. The quantitative estimate of drug-likeness (QED) is 0.309. The number of likely N-dealkylation sites (tertiary alicyclic amines) is 1. The smallest absolute Gasteiger partial charge is 0.191 e. The molecule has 37 heavy (non-hydrogen) atoms. The van der Waals surface area contributed by atoms with Crippen LogP contribution >= 0.6 is 11.3 Å². The van der Waals surface area contributed by atoms with Crippen LogP contribution in [0.1, 0.15) is 36.4 Å². The average molecular weight is 539 g/mol. The van der Waals surface area contributed by atoms with E-state index in [4.69, 9.17) is 9.97 Å². The van der Waals surface area contributed by atoms with Crippen LogP contribution in [0.2, 0.25) is 0 Å². The summed E-state index contributed by atoms with van der Waals surface area (Å²) in [7, 11) is 1.95. The Labute approximate surface area is 221 Å². The molecule has 1 saturated heterocycles. The zero-order valence-corrected chi connectivity index (χ0v) is 22.0. The van der Waals surface area contributed by atoms with E-state index in [0.717, 1.165) is 59.5 Å². The Morgan fingerprint density at radius 2 is 1.97 bits per heavy atom. The molecule has 0 spiro atoms. The summed E-state index contributed by atoms with van der Waals surface area (Å²) < 4.78 is 35.8. The van der Waals surface area contributed by atoms with E-state index in [1.807, 2.05) is 28.3 Å². The van der Waals surface area contributed by atoms with Crippen LogP contribution in [0.25, 0.3) is 16.9 Å². The summed E-state index contributed by atoms with van der Waals surface area (Å²) in [4.78, 5) is 13.7. The molecule has 0 bridgehead atoms. The first-order valence-corrected chi connectivity index (χ1v) is 14.2. The number of rotatable bonds is 8. The van der Waals surface area contributed by atoms with Crippen molar-refractivity contribution < 1.29 is 13.2 Å². The van der Waals surface area contributed by atoms with E-state index in [1.54, 1.807) is 12.1 Å². The van der Waals surface area contributed by atoms with Crippen molar-refractivity contribution in [2.45, 2.75) is 31.6 Å². The van der Waals surface area contributed by atoms with E-state index >= 15 is 0 Å². The maximum absolute atomic E-state index is 13.4. The lowest BCUT2D eigenvalue weighted by atomic mass is 9.91. The number of pyridine rings is 1. The van der Waals surface area contributed by atoms with Gasteiger partial charge in [0.2, 0.25) is 0 Å². The Hall–Kier alpha value is -3.17. The fourth-order valence-electron chi connectivity index (χ4n) is 4.85.